The van der Waals surface area contributed by atoms with E-state index in [0.717, 1.165) is 6.20 Å². The van der Waals surface area contributed by atoms with Gasteiger partial charge in [-0.2, -0.15) is 26.3 Å². The first-order valence-electron chi connectivity index (χ1n) is 12.2. The predicted molar refractivity (Wildman–Crippen MR) is 127 cm³/mol. The Morgan fingerprint density at radius 2 is 1.87 bits per heavy atom. The fraction of sp³-hybridized carbons (Fsp3) is 0.600. The molecule has 3 rings (SSSR count). The number of carbonyl (C=O) groups is 1. The number of carbonyl (C=O) groups excluding carboxylic acids is 1. The smallest absolute Gasteiger partial charge is 0.427 e. The van der Waals surface area contributed by atoms with E-state index in [-0.39, 0.29) is 38.4 Å². The SMILES string of the molecule is COc1ccc(COC[C@@H](OC(=O)N2CCC3(CC2)CC(CN/C=C(\C=N)C(F)(F)F)CO3)C(F)(F)F)cc1. The number of allylic oxidation sites excluding steroid dienone is 1. The van der Waals surface area contributed by atoms with Crippen LogP contribution in [0.15, 0.2) is 36.0 Å². The normalized spacial score (nSPS) is 20.5. The Morgan fingerprint density at radius 3 is 2.44 bits per heavy atom. The van der Waals surface area contributed by atoms with Crippen LogP contribution in [0.25, 0.3) is 0 Å². The van der Waals surface area contributed by atoms with E-state index in [2.05, 4.69) is 5.32 Å². The molecular weight excluding hydrogens is 536 g/mol. The standard InChI is InChI=1S/C25H31F6N3O5/c1-36-20-4-2-17(3-5-20)14-37-16-21(25(29,30)31)39-22(35)34-8-6-23(7-9-34)10-18(15-38-23)12-33-13-19(11-32)24(26,27)28/h2-5,11,13,18,21,32-33H,6-10,12,14-16H2,1H3/b19-13+,32-11?/t18?,21-/m1/s1. The van der Waals surface area contributed by atoms with Gasteiger partial charge in [-0.25, -0.2) is 4.79 Å². The Hall–Kier alpha value is -3.00. The first-order valence-corrected chi connectivity index (χ1v) is 12.2. The number of alkyl halides is 6. The number of rotatable bonds is 10. The fourth-order valence-corrected chi connectivity index (χ4v) is 4.45. The molecule has 0 saturated carbocycles. The first kappa shape index (κ1) is 30.5. The highest BCUT2D eigenvalue weighted by Crippen LogP contribution is 2.39. The second-order valence-corrected chi connectivity index (χ2v) is 9.48. The van der Waals surface area contributed by atoms with Crippen LogP contribution in [0.4, 0.5) is 31.1 Å². The number of likely N-dealkylation sites (tertiary alicyclic amines) is 1. The third kappa shape index (κ3) is 8.75. The molecule has 2 heterocycles. The number of halogens is 6. The molecule has 14 heteroatoms. The van der Waals surface area contributed by atoms with Crippen molar-refractivity contribution in [1.29, 1.82) is 5.41 Å². The highest BCUT2D eigenvalue weighted by atomic mass is 19.4. The van der Waals surface area contributed by atoms with E-state index in [9.17, 15) is 31.1 Å². The van der Waals surface area contributed by atoms with Crippen LogP contribution in [-0.2, 0) is 20.8 Å². The van der Waals surface area contributed by atoms with Crippen molar-refractivity contribution in [3.8, 4) is 5.75 Å². The van der Waals surface area contributed by atoms with Crippen molar-refractivity contribution >= 4 is 12.3 Å². The molecule has 1 amide bonds. The molecule has 218 valence electrons. The lowest BCUT2D eigenvalue weighted by atomic mass is 9.85. The van der Waals surface area contributed by atoms with Crippen LogP contribution in [0.1, 0.15) is 24.8 Å². The number of hydrogen-bond donors (Lipinski definition) is 2. The third-order valence-corrected chi connectivity index (χ3v) is 6.67. The van der Waals surface area contributed by atoms with Gasteiger partial charge in [0.1, 0.15) is 5.75 Å². The topological polar surface area (TPSA) is 93.1 Å². The molecule has 0 radical (unpaired) electrons. The Balaban J connectivity index is 1.45. The summed E-state index contributed by atoms with van der Waals surface area (Å²) in [6.45, 7) is -0.254. The number of amides is 1. The minimum Gasteiger partial charge on any atom is -0.497 e. The largest absolute Gasteiger partial charge is 0.497 e. The van der Waals surface area contributed by atoms with Gasteiger partial charge in [0, 0.05) is 38.0 Å². The molecule has 8 nitrogen and oxygen atoms in total. The average Bonchev–Trinajstić information content (AvgIpc) is 3.27. The zero-order valence-corrected chi connectivity index (χ0v) is 21.2. The molecule has 1 aromatic carbocycles. The van der Waals surface area contributed by atoms with Crippen molar-refractivity contribution in [3.05, 3.63) is 41.6 Å². The Morgan fingerprint density at radius 1 is 1.21 bits per heavy atom. The van der Waals surface area contributed by atoms with E-state index < -0.39 is 42.3 Å². The van der Waals surface area contributed by atoms with Crippen LogP contribution < -0.4 is 10.1 Å². The number of benzene rings is 1. The van der Waals surface area contributed by atoms with Crippen molar-refractivity contribution in [2.75, 3.05) is 40.0 Å². The number of methoxy groups -OCH3 is 1. The van der Waals surface area contributed by atoms with Gasteiger partial charge in [0.25, 0.3) is 0 Å². The zero-order valence-electron chi connectivity index (χ0n) is 21.2. The number of nitrogens with zero attached hydrogens (tertiary/aromatic N) is 1. The Bertz CT molecular complexity index is 991. The number of hydrogen-bond acceptors (Lipinski definition) is 7. The number of piperidine rings is 1. The van der Waals surface area contributed by atoms with Crippen LogP contribution in [0.5, 0.6) is 5.75 Å². The van der Waals surface area contributed by atoms with Gasteiger partial charge < -0.3 is 34.6 Å². The molecule has 2 atom stereocenters. The minimum atomic E-state index is -4.82. The van der Waals surface area contributed by atoms with Crippen molar-refractivity contribution in [1.82, 2.24) is 10.2 Å². The van der Waals surface area contributed by atoms with E-state index in [4.69, 9.17) is 24.4 Å². The number of ether oxygens (including phenoxy) is 4. The van der Waals surface area contributed by atoms with E-state index in [1.165, 1.54) is 12.0 Å². The molecule has 2 N–H and O–H groups in total. The van der Waals surface area contributed by atoms with Crippen molar-refractivity contribution in [3.63, 3.8) is 0 Å². The molecule has 2 aliphatic rings. The minimum absolute atomic E-state index is 0.0996. The molecule has 39 heavy (non-hydrogen) atoms. The summed E-state index contributed by atoms with van der Waals surface area (Å²) in [7, 11) is 1.49. The second-order valence-electron chi connectivity index (χ2n) is 9.48. The van der Waals surface area contributed by atoms with Gasteiger partial charge in [0.15, 0.2) is 0 Å². The molecule has 0 aromatic heterocycles. The van der Waals surface area contributed by atoms with Crippen molar-refractivity contribution in [2.45, 2.75) is 49.9 Å². The highest BCUT2D eigenvalue weighted by molar-refractivity contribution is 5.77. The summed E-state index contributed by atoms with van der Waals surface area (Å²) in [5, 5.41) is 9.46. The maximum absolute atomic E-state index is 13.5. The summed E-state index contributed by atoms with van der Waals surface area (Å²) < 4.78 is 99.5. The lowest BCUT2D eigenvalue weighted by Gasteiger charge is -2.38. The molecule has 1 unspecified atom stereocenters. The van der Waals surface area contributed by atoms with Crippen LogP contribution in [0.3, 0.4) is 0 Å². The van der Waals surface area contributed by atoms with E-state index in [1.54, 1.807) is 24.3 Å². The van der Waals surface area contributed by atoms with E-state index in [0.29, 0.717) is 37.2 Å². The van der Waals surface area contributed by atoms with Crippen LogP contribution in [-0.4, -0.2) is 81.2 Å². The van der Waals surface area contributed by atoms with Crippen molar-refractivity contribution < 1.29 is 50.1 Å². The summed E-state index contributed by atoms with van der Waals surface area (Å²) in [6, 6.07) is 6.59. The first-order chi connectivity index (χ1) is 18.3. The molecule has 1 spiro atoms. The van der Waals surface area contributed by atoms with Crippen LogP contribution >= 0.6 is 0 Å². The molecule has 1 aromatic rings. The quantitative estimate of drug-likeness (QED) is 0.311. The van der Waals surface area contributed by atoms with Gasteiger partial charge in [0.05, 0.1) is 38.1 Å². The summed E-state index contributed by atoms with van der Waals surface area (Å²) in [5.74, 6) is 0.493. The highest BCUT2D eigenvalue weighted by Gasteiger charge is 2.46. The molecule has 0 bridgehead atoms. The van der Waals surface area contributed by atoms with Gasteiger partial charge in [-0.1, -0.05) is 12.1 Å². The Kier molecular flexibility index (Phi) is 10.1. The van der Waals surface area contributed by atoms with Crippen molar-refractivity contribution in [2.24, 2.45) is 5.92 Å². The maximum atomic E-state index is 13.5. The molecule has 2 fully saturated rings. The van der Waals surface area contributed by atoms with E-state index >= 15 is 0 Å². The average molecular weight is 568 g/mol. The van der Waals surface area contributed by atoms with Gasteiger partial charge in [-0.05, 0) is 37.0 Å². The van der Waals surface area contributed by atoms with Crippen LogP contribution in [0.2, 0.25) is 0 Å². The summed E-state index contributed by atoms with van der Waals surface area (Å²) >= 11 is 0. The van der Waals surface area contributed by atoms with E-state index in [1.807, 2.05) is 0 Å². The maximum Gasteiger partial charge on any atom is 0.427 e. The predicted octanol–water partition coefficient (Wildman–Crippen LogP) is 4.84. The third-order valence-electron chi connectivity index (χ3n) is 6.67. The fourth-order valence-electron chi connectivity index (χ4n) is 4.45. The molecule has 2 saturated heterocycles. The lowest BCUT2D eigenvalue weighted by molar-refractivity contribution is -0.220. The summed E-state index contributed by atoms with van der Waals surface area (Å²) in [6.07, 6.45) is -10.8. The molecule has 2 aliphatic heterocycles. The van der Waals surface area contributed by atoms with Gasteiger partial charge in [-0.15, -0.1) is 0 Å². The number of nitrogens with one attached hydrogen (secondary N) is 2. The summed E-state index contributed by atoms with van der Waals surface area (Å²) in [5.41, 5.74) is -1.08. The lowest BCUT2D eigenvalue weighted by Crippen LogP contribution is -2.49. The van der Waals surface area contributed by atoms with Gasteiger partial charge in [-0.3, -0.25) is 0 Å². The zero-order chi connectivity index (χ0) is 28.7. The molecule has 0 aliphatic carbocycles. The van der Waals surface area contributed by atoms with Crippen LogP contribution in [0, 0.1) is 11.3 Å². The Labute approximate surface area is 221 Å². The summed E-state index contributed by atoms with van der Waals surface area (Å²) in [4.78, 5) is 13.7. The van der Waals surface area contributed by atoms with Gasteiger partial charge in [0.2, 0.25) is 6.10 Å². The second kappa shape index (κ2) is 12.9. The van der Waals surface area contributed by atoms with Gasteiger partial charge >= 0.3 is 18.4 Å². The monoisotopic (exact) mass is 567 g/mol. The molecular formula is C25H31F6N3O5.